The average molecular weight is 379 g/mol. The third-order valence-electron chi connectivity index (χ3n) is 6.22. The number of piperazine rings is 1. The Morgan fingerprint density at radius 2 is 1.59 bits per heavy atom. The van der Waals surface area contributed by atoms with Crippen molar-refractivity contribution < 1.29 is 9.59 Å². The van der Waals surface area contributed by atoms with Gasteiger partial charge in [0.15, 0.2) is 0 Å². The van der Waals surface area contributed by atoms with Crippen LogP contribution in [0.4, 0.5) is 0 Å². The summed E-state index contributed by atoms with van der Waals surface area (Å²) in [6.45, 7) is 16.2. The molecule has 154 valence electrons. The molecule has 0 bridgehead atoms. The van der Waals surface area contributed by atoms with Crippen LogP contribution >= 0.6 is 0 Å². The molecule has 2 aliphatic heterocycles. The summed E-state index contributed by atoms with van der Waals surface area (Å²) in [6, 6.07) is 0.218. The van der Waals surface area contributed by atoms with E-state index in [0.717, 1.165) is 58.7 Å². The second kappa shape index (κ2) is 8.48. The number of carbonyl (C=O) groups excluding carboxylic acids is 2. The molecule has 0 atom stereocenters. The Morgan fingerprint density at radius 1 is 1.00 bits per heavy atom. The third-order valence-corrected chi connectivity index (χ3v) is 6.22. The van der Waals surface area contributed by atoms with Crippen LogP contribution in [0.25, 0.3) is 0 Å². The van der Waals surface area contributed by atoms with Crippen LogP contribution < -0.4 is 5.32 Å². The van der Waals surface area contributed by atoms with Crippen LogP contribution in [0.5, 0.6) is 0 Å². The molecule has 3 rings (SSSR count). The lowest BCUT2D eigenvalue weighted by Gasteiger charge is -2.59. The zero-order chi connectivity index (χ0) is 19.6. The minimum atomic E-state index is 0.175. The molecule has 0 aromatic heterocycles. The lowest BCUT2D eigenvalue weighted by Crippen LogP contribution is -2.65. The summed E-state index contributed by atoms with van der Waals surface area (Å²) in [5.41, 5.74) is 0.328. The number of nitrogens with zero attached hydrogens (tertiary/aromatic N) is 3. The predicted molar refractivity (Wildman–Crippen MR) is 107 cm³/mol. The first-order chi connectivity index (χ1) is 12.7. The van der Waals surface area contributed by atoms with Gasteiger partial charge in [-0.25, -0.2) is 0 Å². The monoisotopic (exact) mass is 378 g/mol. The lowest BCUT2D eigenvalue weighted by molar-refractivity contribution is -0.158. The molecule has 2 amide bonds. The molecule has 0 aromatic carbocycles. The van der Waals surface area contributed by atoms with Gasteiger partial charge in [-0.3, -0.25) is 14.5 Å². The first-order valence-electron chi connectivity index (χ1n) is 10.8. The van der Waals surface area contributed by atoms with Crippen molar-refractivity contribution in [1.82, 2.24) is 20.0 Å². The summed E-state index contributed by atoms with van der Waals surface area (Å²) in [5.74, 6) is 1.68. The van der Waals surface area contributed by atoms with E-state index in [9.17, 15) is 9.59 Å². The second-order valence-corrected chi connectivity index (χ2v) is 9.92. The minimum Gasteiger partial charge on any atom is -0.354 e. The molecule has 2 heterocycles. The Morgan fingerprint density at radius 3 is 2.15 bits per heavy atom. The van der Waals surface area contributed by atoms with E-state index in [4.69, 9.17) is 0 Å². The molecule has 0 radical (unpaired) electrons. The van der Waals surface area contributed by atoms with Gasteiger partial charge in [-0.15, -0.1) is 0 Å². The molecule has 1 aliphatic carbocycles. The summed E-state index contributed by atoms with van der Waals surface area (Å²) >= 11 is 0. The Kier molecular flexibility index (Phi) is 6.46. The van der Waals surface area contributed by atoms with Crippen molar-refractivity contribution in [3.05, 3.63) is 0 Å². The van der Waals surface area contributed by atoms with Crippen molar-refractivity contribution in [1.29, 1.82) is 0 Å². The fourth-order valence-electron chi connectivity index (χ4n) is 5.09. The van der Waals surface area contributed by atoms with Gasteiger partial charge in [-0.1, -0.05) is 13.8 Å². The van der Waals surface area contributed by atoms with Gasteiger partial charge in [0.05, 0.1) is 6.54 Å². The quantitative estimate of drug-likeness (QED) is 0.728. The Hall–Kier alpha value is -1.14. The van der Waals surface area contributed by atoms with Crippen molar-refractivity contribution in [3.8, 4) is 0 Å². The first kappa shape index (κ1) is 20.6. The van der Waals surface area contributed by atoms with Crippen LogP contribution in [0.15, 0.2) is 0 Å². The van der Waals surface area contributed by atoms with Crippen LogP contribution in [-0.4, -0.2) is 84.9 Å². The van der Waals surface area contributed by atoms with E-state index < -0.39 is 0 Å². The Balaban J connectivity index is 1.30. The molecule has 3 fully saturated rings. The van der Waals surface area contributed by atoms with Gasteiger partial charge < -0.3 is 15.1 Å². The van der Waals surface area contributed by atoms with Gasteiger partial charge in [-0.2, -0.15) is 0 Å². The highest BCUT2D eigenvalue weighted by molar-refractivity contribution is 5.79. The van der Waals surface area contributed by atoms with Crippen LogP contribution in [-0.2, 0) is 9.59 Å². The molecule has 0 unspecified atom stereocenters. The maximum Gasteiger partial charge on any atom is 0.236 e. The number of amides is 2. The topological polar surface area (TPSA) is 55.9 Å². The SMILES string of the molecule is CC(C)CN1CCN(CC(=O)N2CC3(CC(CC(=O)NC(C)C)C3)C2)CC1. The van der Waals surface area contributed by atoms with Crippen LogP contribution in [0.1, 0.15) is 47.0 Å². The van der Waals surface area contributed by atoms with Crippen molar-refractivity contribution in [2.45, 2.75) is 53.0 Å². The van der Waals surface area contributed by atoms with Gasteiger partial charge in [-0.05, 0) is 38.5 Å². The highest BCUT2D eigenvalue weighted by Gasteiger charge is 2.53. The largest absolute Gasteiger partial charge is 0.354 e. The number of nitrogens with one attached hydrogen (secondary N) is 1. The molecule has 2 saturated heterocycles. The van der Waals surface area contributed by atoms with Crippen LogP contribution in [0.2, 0.25) is 0 Å². The number of rotatable bonds is 7. The number of likely N-dealkylation sites (tertiary alicyclic amines) is 1. The maximum atomic E-state index is 12.6. The van der Waals surface area contributed by atoms with Crippen molar-refractivity contribution in [2.75, 3.05) is 52.4 Å². The smallest absolute Gasteiger partial charge is 0.236 e. The minimum absolute atomic E-state index is 0.175. The van der Waals surface area contributed by atoms with E-state index in [2.05, 4.69) is 29.0 Å². The molecule has 1 spiro atoms. The third kappa shape index (κ3) is 5.44. The van der Waals surface area contributed by atoms with Gasteiger partial charge >= 0.3 is 0 Å². The average Bonchev–Trinajstić information content (AvgIpc) is 2.48. The van der Waals surface area contributed by atoms with E-state index in [1.165, 1.54) is 0 Å². The van der Waals surface area contributed by atoms with Gasteiger partial charge in [0.1, 0.15) is 0 Å². The molecule has 3 aliphatic rings. The Labute approximate surface area is 164 Å². The molecule has 27 heavy (non-hydrogen) atoms. The molecule has 6 heteroatoms. The zero-order valence-corrected chi connectivity index (χ0v) is 17.7. The van der Waals surface area contributed by atoms with E-state index in [1.54, 1.807) is 0 Å². The summed E-state index contributed by atoms with van der Waals surface area (Å²) in [4.78, 5) is 31.3. The standard InChI is InChI=1S/C21H38N4O2/c1-16(2)12-23-5-7-24(8-6-23)13-20(27)25-14-21(15-25)10-18(11-21)9-19(26)22-17(3)4/h16-18H,5-15H2,1-4H3,(H,22,26). The molecule has 1 saturated carbocycles. The molecular weight excluding hydrogens is 340 g/mol. The van der Waals surface area contributed by atoms with E-state index >= 15 is 0 Å². The molecule has 0 aromatic rings. The fourth-order valence-corrected chi connectivity index (χ4v) is 5.09. The Bertz CT molecular complexity index is 526. The first-order valence-corrected chi connectivity index (χ1v) is 10.8. The molecular formula is C21H38N4O2. The molecule has 6 nitrogen and oxygen atoms in total. The summed E-state index contributed by atoms with van der Waals surface area (Å²) in [7, 11) is 0. The summed E-state index contributed by atoms with van der Waals surface area (Å²) < 4.78 is 0. The zero-order valence-electron chi connectivity index (χ0n) is 17.7. The maximum absolute atomic E-state index is 12.6. The number of hydrogen-bond acceptors (Lipinski definition) is 4. The van der Waals surface area contributed by atoms with Crippen LogP contribution in [0, 0.1) is 17.3 Å². The van der Waals surface area contributed by atoms with E-state index in [-0.39, 0.29) is 11.9 Å². The highest BCUT2D eigenvalue weighted by Crippen LogP contribution is 2.53. The summed E-state index contributed by atoms with van der Waals surface area (Å²) in [6.07, 6.45) is 2.86. The van der Waals surface area contributed by atoms with E-state index in [0.29, 0.717) is 36.1 Å². The van der Waals surface area contributed by atoms with Crippen molar-refractivity contribution >= 4 is 11.8 Å². The van der Waals surface area contributed by atoms with Gasteiger partial charge in [0.2, 0.25) is 11.8 Å². The lowest BCUT2D eigenvalue weighted by atomic mass is 9.57. The number of hydrogen-bond donors (Lipinski definition) is 1. The molecule has 1 N–H and O–H groups in total. The fraction of sp³-hybridized carbons (Fsp3) is 0.905. The second-order valence-electron chi connectivity index (χ2n) is 9.92. The van der Waals surface area contributed by atoms with E-state index in [1.807, 2.05) is 18.7 Å². The summed E-state index contributed by atoms with van der Waals surface area (Å²) in [5, 5.41) is 2.98. The number of carbonyl (C=O) groups is 2. The highest BCUT2D eigenvalue weighted by atomic mass is 16.2. The van der Waals surface area contributed by atoms with Crippen molar-refractivity contribution in [2.24, 2.45) is 17.3 Å². The normalized spacial score (nSPS) is 23.6. The van der Waals surface area contributed by atoms with Crippen molar-refractivity contribution in [3.63, 3.8) is 0 Å². The van der Waals surface area contributed by atoms with Crippen LogP contribution in [0.3, 0.4) is 0 Å². The van der Waals surface area contributed by atoms with Gasteiger partial charge in [0, 0.05) is 63.7 Å². The predicted octanol–water partition coefficient (Wildman–Crippen LogP) is 1.41. The van der Waals surface area contributed by atoms with Gasteiger partial charge in [0.25, 0.3) is 0 Å².